The largest absolute Gasteiger partial charge is 0.495 e. The van der Waals surface area contributed by atoms with E-state index in [1.807, 2.05) is 0 Å². The number of H-pyrrole nitrogens is 1. The number of hydrogen-bond donors (Lipinski definition) is 2. The standard InChI is InChI=1S/C14H10FN3O4/c1-22-11-4-5-16-9(11)6-7-12-8(17-14(7)19)2-3-10(13(12)15)18(20)21/h2-6,16H,1H3,(H,17,19)/b7-6-. The molecule has 2 aromatic rings. The van der Waals surface area contributed by atoms with Crippen molar-refractivity contribution in [2.45, 2.75) is 0 Å². The van der Waals surface area contributed by atoms with Gasteiger partial charge in [-0.3, -0.25) is 14.9 Å². The Kier molecular flexibility index (Phi) is 3.13. The molecule has 0 radical (unpaired) electrons. The highest BCUT2D eigenvalue weighted by Gasteiger charge is 2.32. The zero-order valence-electron chi connectivity index (χ0n) is 11.3. The quantitative estimate of drug-likeness (QED) is 0.517. The van der Waals surface area contributed by atoms with Crippen LogP contribution in [0, 0.1) is 15.9 Å². The van der Waals surface area contributed by atoms with Crippen LogP contribution in [0.5, 0.6) is 5.75 Å². The first-order chi connectivity index (χ1) is 10.5. The maximum absolute atomic E-state index is 14.3. The summed E-state index contributed by atoms with van der Waals surface area (Å²) in [4.78, 5) is 24.9. The number of methoxy groups -OCH3 is 1. The monoisotopic (exact) mass is 303 g/mol. The van der Waals surface area contributed by atoms with Crippen LogP contribution in [0.15, 0.2) is 24.4 Å². The number of halogens is 1. The van der Waals surface area contributed by atoms with Crippen molar-refractivity contribution in [2.24, 2.45) is 0 Å². The molecule has 7 nitrogen and oxygen atoms in total. The van der Waals surface area contributed by atoms with Gasteiger partial charge in [0.05, 0.1) is 34.6 Å². The summed E-state index contributed by atoms with van der Waals surface area (Å²) < 4.78 is 19.4. The minimum atomic E-state index is -1.04. The van der Waals surface area contributed by atoms with Gasteiger partial charge in [-0.2, -0.15) is 4.39 Å². The molecular weight excluding hydrogens is 293 g/mol. The van der Waals surface area contributed by atoms with Gasteiger partial charge in [-0.25, -0.2) is 0 Å². The summed E-state index contributed by atoms with van der Waals surface area (Å²) in [5.74, 6) is -1.11. The number of aromatic nitrogens is 1. The molecule has 0 fully saturated rings. The van der Waals surface area contributed by atoms with E-state index in [9.17, 15) is 19.3 Å². The molecule has 0 bridgehead atoms. The highest BCUT2D eigenvalue weighted by atomic mass is 19.1. The van der Waals surface area contributed by atoms with Crippen molar-refractivity contribution >= 4 is 28.9 Å². The fourth-order valence-electron chi connectivity index (χ4n) is 2.32. The number of rotatable bonds is 3. The molecule has 22 heavy (non-hydrogen) atoms. The van der Waals surface area contributed by atoms with Gasteiger partial charge in [0.1, 0.15) is 5.75 Å². The van der Waals surface area contributed by atoms with E-state index in [0.717, 1.165) is 6.07 Å². The molecule has 112 valence electrons. The highest BCUT2D eigenvalue weighted by Crippen LogP contribution is 2.39. The van der Waals surface area contributed by atoms with Gasteiger partial charge in [0.15, 0.2) is 0 Å². The molecule has 0 saturated heterocycles. The summed E-state index contributed by atoms with van der Waals surface area (Å²) in [7, 11) is 1.46. The molecule has 2 heterocycles. The molecule has 0 saturated carbocycles. The number of nitrogens with one attached hydrogen (secondary N) is 2. The van der Waals surface area contributed by atoms with Crippen LogP contribution in [0.2, 0.25) is 0 Å². The van der Waals surface area contributed by atoms with Gasteiger partial charge in [-0.1, -0.05) is 0 Å². The van der Waals surface area contributed by atoms with Gasteiger partial charge < -0.3 is 15.0 Å². The first kappa shape index (κ1) is 13.8. The van der Waals surface area contributed by atoms with E-state index < -0.39 is 22.3 Å². The number of ether oxygens (including phenoxy) is 1. The third-order valence-electron chi connectivity index (χ3n) is 3.33. The van der Waals surface area contributed by atoms with Crippen molar-refractivity contribution in [3.8, 4) is 5.75 Å². The van der Waals surface area contributed by atoms with Gasteiger partial charge in [0.25, 0.3) is 5.91 Å². The highest BCUT2D eigenvalue weighted by molar-refractivity contribution is 6.35. The number of benzene rings is 1. The number of carbonyl (C=O) groups is 1. The number of fused-ring (bicyclic) bond motifs is 1. The molecule has 1 aromatic heterocycles. The van der Waals surface area contributed by atoms with E-state index in [2.05, 4.69) is 10.3 Å². The fourth-order valence-corrected chi connectivity index (χ4v) is 2.32. The molecule has 1 amide bonds. The molecule has 8 heteroatoms. The van der Waals surface area contributed by atoms with E-state index >= 15 is 0 Å². The third-order valence-corrected chi connectivity index (χ3v) is 3.33. The number of anilines is 1. The minimum Gasteiger partial charge on any atom is -0.495 e. The van der Waals surface area contributed by atoms with Crippen LogP contribution in [0.3, 0.4) is 0 Å². The summed E-state index contributed by atoms with van der Waals surface area (Å²) in [6, 6.07) is 3.97. The van der Waals surface area contributed by atoms with E-state index in [4.69, 9.17) is 4.74 Å². The minimum absolute atomic E-state index is 0.00282. The van der Waals surface area contributed by atoms with Crippen molar-refractivity contribution in [1.82, 2.24) is 4.98 Å². The predicted octanol–water partition coefficient (Wildman–Crippen LogP) is 2.56. The summed E-state index contributed by atoms with van der Waals surface area (Å²) in [6.07, 6.45) is 3.00. The van der Waals surface area contributed by atoms with Gasteiger partial charge in [-0.05, 0) is 18.2 Å². The molecule has 1 aromatic carbocycles. The third kappa shape index (κ3) is 2.01. The summed E-state index contributed by atoms with van der Waals surface area (Å²) >= 11 is 0. The Morgan fingerprint density at radius 1 is 1.36 bits per heavy atom. The molecule has 1 aliphatic rings. The average Bonchev–Trinajstić information content (AvgIpc) is 3.04. The van der Waals surface area contributed by atoms with Crippen LogP contribution in [0.1, 0.15) is 11.3 Å². The van der Waals surface area contributed by atoms with Crippen molar-refractivity contribution in [3.63, 3.8) is 0 Å². The SMILES string of the molecule is COc1cc[nH]c1/C=C1\C(=O)Nc2ccc([N+](=O)[O-])c(F)c21. The van der Waals surface area contributed by atoms with Crippen molar-refractivity contribution in [1.29, 1.82) is 0 Å². The van der Waals surface area contributed by atoms with E-state index in [-0.39, 0.29) is 16.8 Å². The van der Waals surface area contributed by atoms with Crippen LogP contribution in [0.25, 0.3) is 11.6 Å². The van der Waals surface area contributed by atoms with Gasteiger partial charge in [0.2, 0.25) is 5.82 Å². The first-order valence-corrected chi connectivity index (χ1v) is 6.24. The van der Waals surface area contributed by atoms with Crippen molar-refractivity contribution < 1.29 is 18.8 Å². The van der Waals surface area contributed by atoms with Crippen LogP contribution >= 0.6 is 0 Å². The molecule has 3 rings (SSSR count). The average molecular weight is 303 g/mol. The molecule has 2 N–H and O–H groups in total. The number of nitro benzene ring substituents is 1. The number of aromatic amines is 1. The van der Waals surface area contributed by atoms with Crippen LogP contribution in [-0.4, -0.2) is 22.9 Å². The maximum Gasteiger partial charge on any atom is 0.305 e. The number of amides is 1. The predicted molar refractivity (Wildman–Crippen MR) is 76.9 cm³/mol. The molecular formula is C14H10FN3O4. The van der Waals surface area contributed by atoms with Gasteiger partial charge in [0, 0.05) is 12.3 Å². The van der Waals surface area contributed by atoms with E-state index in [0.29, 0.717) is 11.4 Å². The van der Waals surface area contributed by atoms with Crippen LogP contribution < -0.4 is 10.1 Å². The Balaban J connectivity index is 2.19. The second kappa shape index (κ2) is 4.99. The fraction of sp³-hybridized carbons (Fsp3) is 0.0714. The van der Waals surface area contributed by atoms with Crippen LogP contribution in [-0.2, 0) is 4.79 Å². The lowest BCUT2D eigenvalue weighted by Crippen LogP contribution is -2.03. The van der Waals surface area contributed by atoms with E-state index in [1.165, 1.54) is 19.3 Å². The van der Waals surface area contributed by atoms with Crippen LogP contribution in [0.4, 0.5) is 15.8 Å². The molecule has 0 aliphatic carbocycles. The van der Waals surface area contributed by atoms with E-state index in [1.54, 1.807) is 12.3 Å². The topological polar surface area (TPSA) is 97.3 Å². The Hall–Kier alpha value is -3.16. The molecule has 0 atom stereocenters. The Bertz CT molecular complexity index is 825. The Morgan fingerprint density at radius 3 is 2.82 bits per heavy atom. The lowest BCUT2D eigenvalue weighted by atomic mass is 10.0. The number of carbonyl (C=O) groups excluding carboxylic acids is 1. The lowest BCUT2D eigenvalue weighted by molar-refractivity contribution is -0.387. The van der Waals surface area contributed by atoms with Crippen molar-refractivity contribution in [2.75, 3.05) is 12.4 Å². The number of nitrogens with zero attached hydrogens (tertiary/aromatic N) is 1. The number of nitro groups is 1. The van der Waals surface area contributed by atoms with Crippen molar-refractivity contribution in [3.05, 3.63) is 51.6 Å². The maximum atomic E-state index is 14.3. The molecule has 0 unspecified atom stereocenters. The Morgan fingerprint density at radius 2 is 2.14 bits per heavy atom. The lowest BCUT2D eigenvalue weighted by Gasteiger charge is -2.02. The molecule has 0 spiro atoms. The summed E-state index contributed by atoms with van der Waals surface area (Å²) in [5, 5.41) is 13.3. The summed E-state index contributed by atoms with van der Waals surface area (Å²) in [6.45, 7) is 0. The molecule has 1 aliphatic heterocycles. The Labute approximate surface area is 123 Å². The first-order valence-electron chi connectivity index (χ1n) is 6.24. The second-order valence-electron chi connectivity index (χ2n) is 4.55. The van der Waals surface area contributed by atoms with Gasteiger partial charge in [-0.15, -0.1) is 0 Å². The smallest absolute Gasteiger partial charge is 0.305 e. The second-order valence-corrected chi connectivity index (χ2v) is 4.55. The zero-order chi connectivity index (χ0) is 15.9. The zero-order valence-corrected chi connectivity index (χ0v) is 11.3. The number of hydrogen-bond acceptors (Lipinski definition) is 4. The van der Waals surface area contributed by atoms with Gasteiger partial charge >= 0.3 is 5.69 Å². The summed E-state index contributed by atoms with van der Waals surface area (Å²) in [5.41, 5.74) is -0.135. The normalized spacial score (nSPS) is 14.8.